The number of benzene rings is 1. The van der Waals surface area contributed by atoms with Crippen molar-refractivity contribution in [2.45, 2.75) is 25.2 Å². The first kappa shape index (κ1) is 15.2. The van der Waals surface area contributed by atoms with Crippen LogP contribution in [0.4, 0.5) is 10.1 Å². The van der Waals surface area contributed by atoms with Crippen molar-refractivity contribution in [2.24, 2.45) is 5.92 Å². The molecule has 3 N–H and O–H groups in total. The zero-order valence-corrected chi connectivity index (χ0v) is 11.8. The fourth-order valence-corrected chi connectivity index (χ4v) is 2.81. The zero-order chi connectivity index (χ0) is 13.9. The molecule has 4 nitrogen and oxygen atoms in total. The van der Waals surface area contributed by atoms with Crippen LogP contribution in [-0.4, -0.2) is 15.0 Å². The molecule has 0 atom stereocenters. The third kappa shape index (κ3) is 3.83. The van der Waals surface area contributed by atoms with E-state index in [4.69, 9.17) is 17.3 Å². The normalized spacial score (nSPS) is 12.1. The van der Waals surface area contributed by atoms with Crippen molar-refractivity contribution in [2.75, 3.05) is 12.3 Å². The van der Waals surface area contributed by atoms with Crippen LogP contribution in [-0.2, 0) is 10.0 Å². The van der Waals surface area contributed by atoms with Gasteiger partial charge in [0.05, 0.1) is 5.69 Å². The molecule has 0 spiro atoms. The smallest absolute Gasteiger partial charge is 0.243 e. The van der Waals surface area contributed by atoms with Gasteiger partial charge in [-0.05, 0) is 24.5 Å². The van der Waals surface area contributed by atoms with E-state index < -0.39 is 20.7 Å². The molecule has 0 radical (unpaired) electrons. The molecule has 18 heavy (non-hydrogen) atoms. The third-order valence-corrected chi connectivity index (χ3v) is 4.01. The van der Waals surface area contributed by atoms with Gasteiger partial charge in [0, 0.05) is 11.6 Å². The van der Waals surface area contributed by atoms with Gasteiger partial charge < -0.3 is 5.73 Å². The second kappa shape index (κ2) is 5.86. The summed E-state index contributed by atoms with van der Waals surface area (Å²) in [5.41, 5.74) is 5.06. The molecule has 0 saturated carbocycles. The highest BCUT2D eigenvalue weighted by atomic mass is 35.5. The van der Waals surface area contributed by atoms with E-state index in [1.54, 1.807) is 0 Å². The number of sulfonamides is 1. The maximum Gasteiger partial charge on any atom is 0.243 e. The molecule has 0 aliphatic rings. The molecule has 0 bridgehead atoms. The van der Waals surface area contributed by atoms with Gasteiger partial charge in [-0.1, -0.05) is 25.4 Å². The minimum Gasteiger partial charge on any atom is -0.396 e. The molecular formula is C11H16ClFN2O2S. The average molecular weight is 295 g/mol. The highest BCUT2D eigenvalue weighted by Crippen LogP contribution is 2.25. The second-order valence-corrected chi connectivity index (χ2v) is 6.56. The molecule has 1 aromatic carbocycles. The number of hydrogen-bond donors (Lipinski definition) is 2. The molecule has 0 aromatic heterocycles. The Morgan fingerprint density at radius 2 is 2.06 bits per heavy atom. The van der Waals surface area contributed by atoms with Crippen molar-refractivity contribution in [3.63, 3.8) is 0 Å². The van der Waals surface area contributed by atoms with Crippen molar-refractivity contribution in [3.05, 3.63) is 23.0 Å². The lowest BCUT2D eigenvalue weighted by Gasteiger charge is -2.10. The van der Waals surface area contributed by atoms with Gasteiger partial charge in [-0.3, -0.25) is 0 Å². The molecule has 0 unspecified atom stereocenters. The number of anilines is 1. The van der Waals surface area contributed by atoms with E-state index in [-0.39, 0.29) is 17.3 Å². The van der Waals surface area contributed by atoms with E-state index in [9.17, 15) is 12.8 Å². The summed E-state index contributed by atoms with van der Waals surface area (Å²) < 4.78 is 39.7. The van der Waals surface area contributed by atoms with Gasteiger partial charge in [0.25, 0.3) is 0 Å². The van der Waals surface area contributed by atoms with Crippen LogP contribution in [0.1, 0.15) is 20.3 Å². The molecular weight excluding hydrogens is 279 g/mol. The minimum absolute atomic E-state index is 0.0816. The van der Waals surface area contributed by atoms with Gasteiger partial charge in [-0.25, -0.2) is 17.5 Å². The molecule has 0 heterocycles. The van der Waals surface area contributed by atoms with Gasteiger partial charge in [-0.2, -0.15) is 0 Å². The Kier molecular flexibility index (Phi) is 4.95. The Labute approximate surface area is 111 Å². The highest BCUT2D eigenvalue weighted by Gasteiger charge is 2.21. The van der Waals surface area contributed by atoms with Crippen molar-refractivity contribution >= 4 is 27.3 Å². The van der Waals surface area contributed by atoms with Crippen LogP contribution in [0.5, 0.6) is 0 Å². The van der Waals surface area contributed by atoms with Crippen molar-refractivity contribution < 1.29 is 12.8 Å². The Morgan fingerprint density at radius 1 is 1.44 bits per heavy atom. The summed E-state index contributed by atoms with van der Waals surface area (Å²) in [6.07, 6.45) is 0.664. The monoisotopic (exact) mass is 294 g/mol. The van der Waals surface area contributed by atoms with Gasteiger partial charge in [0.2, 0.25) is 10.0 Å². The van der Waals surface area contributed by atoms with E-state index in [0.29, 0.717) is 12.3 Å². The van der Waals surface area contributed by atoms with Crippen LogP contribution < -0.4 is 10.5 Å². The summed E-state index contributed by atoms with van der Waals surface area (Å²) in [5.74, 6) is -0.626. The predicted octanol–water partition coefficient (Wildman–Crippen LogP) is 2.39. The topological polar surface area (TPSA) is 72.2 Å². The third-order valence-electron chi connectivity index (χ3n) is 2.34. The molecule has 0 aliphatic heterocycles. The van der Waals surface area contributed by atoms with Gasteiger partial charge in [-0.15, -0.1) is 0 Å². The molecule has 0 amide bonds. The summed E-state index contributed by atoms with van der Waals surface area (Å²) in [5, 5.41) is 0.0816. The second-order valence-electron chi connectivity index (χ2n) is 4.39. The Morgan fingerprint density at radius 3 is 2.61 bits per heavy atom. The molecule has 0 fully saturated rings. The van der Waals surface area contributed by atoms with Crippen LogP contribution in [0.15, 0.2) is 17.0 Å². The zero-order valence-electron chi connectivity index (χ0n) is 10.2. The molecule has 7 heteroatoms. The van der Waals surface area contributed by atoms with E-state index in [2.05, 4.69) is 4.72 Å². The van der Waals surface area contributed by atoms with Crippen LogP contribution in [0, 0.1) is 11.7 Å². The number of hydrogen-bond acceptors (Lipinski definition) is 3. The first-order valence-electron chi connectivity index (χ1n) is 5.48. The maximum absolute atomic E-state index is 13.7. The predicted molar refractivity (Wildman–Crippen MR) is 70.5 cm³/mol. The molecule has 0 aliphatic carbocycles. The number of nitrogens with two attached hydrogens (primary N) is 1. The summed E-state index contributed by atoms with van der Waals surface area (Å²) >= 11 is 5.67. The Hall–Kier alpha value is -0.850. The van der Waals surface area contributed by atoms with Crippen molar-refractivity contribution in [1.82, 2.24) is 4.72 Å². The van der Waals surface area contributed by atoms with E-state index >= 15 is 0 Å². The largest absolute Gasteiger partial charge is 0.396 e. The summed E-state index contributed by atoms with van der Waals surface area (Å²) in [6, 6.07) is 2.22. The SMILES string of the molecule is CC(C)CCNS(=O)(=O)c1cc(Cl)cc(N)c1F. The summed E-state index contributed by atoms with van der Waals surface area (Å²) in [4.78, 5) is -0.517. The number of rotatable bonds is 5. The lowest BCUT2D eigenvalue weighted by Crippen LogP contribution is -2.26. The molecule has 102 valence electrons. The van der Waals surface area contributed by atoms with E-state index in [1.807, 2.05) is 13.8 Å². The molecule has 1 rings (SSSR count). The summed E-state index contributed by atoms with van der Waals surface area (Å²) in [6.45, 7) is 4.17. The summed E-state index contributed by atoms with van der Waals surface area (Å²) in [7, 11) is -3.92. The number of halogens is 2. The lowest BCUT2D eigenvalue weighted by atomic mass is 10.1. The van der Waals surface area contributed by atoms with Gasteiger partial charge >= 0.3 is 0 Å². The standard InChI is InChI=1S/C11H16ClFN2O2S/c1-7(2)3-4-15-18(16,17)10-6-8(12)5-9(14)11(10)13/h5-7,15H,3-4,14H2,1-2H3. The van der Waals surface area contributed by atoms with E-state index in [1.165, 1.54) is 6.07 Å². The van der Waals surface area contributed by atoms with Crippen LogP contribution in [0.2, 0.25) is 5.02 Å². The first-order chi connectivity index (χ1) is 8.24. The number of nitrogen functional groups attached to an aromatic ring is 1. The fourth-order valence-electron chi connectivity index (χ4n) is 1.34. The Bertz CT molecular complexity index is 532. The fraction of sp³-hybridized carbons (Fsp3) is 0.455. The van der Waals surface area contributed by atoms with E-state index in [0.717, 1.165) is 6.07 Å². The average Bonchev–Trinajstić information content (AvgIpc) is 2.22. The van der Waals surface area contributed by atoms with Crippen molar-refractivity contribution in [3.8, 4) is 0 Å². The van der Waals surface area contributed by atoms with Gasteiger partial charge in [0.1, 0.15) is 4.90 Å². The first-order valence-corrected chi connectivity index (χ1v) is 7.34. The van der Waals surface area contributed by atoms with Crippen LogP contribution in [0.3, 0.4) is 0 Å². The maximum atomic E-state index is 13.7. The highest BCUT2D eigenvalue weighted by molar-refractivity contribution is 7.89. The Balaban J connectivity index is 2.98. The molecule has 0 saturated heterocycles. The van der Waals surface area contributed by atoms with Gasteiger partial charge in [0.15, 0.2) is 5.82 Å². The lowest BCUT2D eigenvalue weighted by molar-refractivity contribution is 0.541. The van der Waals surface area contributed by atoms with Crippen LogP contribution >= 0.6 is 11.6 Å². The molecule has 1 aromatic rings. The van der Waals surface area contributed by atoms with Crippen LogP contribution in [0.25, 0.3) is 0 Å². The number of nitrogens with one attached hydrogen (secondary N) is 1. The van der Waals surface area contributed by atoms with Crippen molar-refractivity contribution in [1.29, 1.82) is 0 Å². The minimum atomic E-state index is -3.92. The quantitative estimate of drug-likeness (QED) is 0.819.